The first-order valence-electron chi connectivity index (χ1n) is 5.99. The number of nitrogens with two attached hydrogens (primary N) is 1. The van der Waals surface area contributed by atoms with Gasteiger partial charge in [-0.3, -0.25) is 9.48 Å². The van der Waals surface area contributed by atoms with Crippen LogP contribution in [0.5, 0.6) is 0 Å². The Balaban J connectivity index is 2.32. The number of hydrogen-bond acceptors (Lipinski definition) is 4. The third-order valence-electron chi connectivity index (χ3n) is 3.58. The number of amides is 1. The van der Waals surface area contributed by atoms with E-state index in [9.17, 15) is 14.3 Å². The van der Waals surface area contributed by atoms with E-state index < -0.39 is 17.3 Å². The molecular weight excluding hydrogens is 263 g/mol. The summed E-state index contributed by atoms with van der Waals surface area (Å²) in [6, 6.07) is 3.74. The van der Waals surface area contributed by atoms with Gasteiger partial charge < -0.3 is 16.2 Å². The lowest BCUT2D eigenvalue weighted by Crippen LogP contribution is -2.36. The molecule has 6 nitrogen and oxygen atoms in total. The first-order valence-corrected chi connectivity index (χ1v) is 5.99. The van der Waals surface area contributed by atoms with E-state index in [0.29, 0.717) is 11.4 Å². The lowest BCUT2D eigenvalue weighted by atomic mass is 9.87. The highest BCUT2D eigenvalue weighted by Crippen LogP contribution is 2.44. The van der Waals surface area contributed by atoms with Gasteiger partial charge in [0.1, 0.15) is 11.6 Å². The second-order valence-electron chi connectivity index (χ2n) is 4.82. The zero-order valence-electron chi connectivity index (χ0n) is 10.9. The van der Waals surface area contributed by atoms with Crippen LogP contribution in [0.4, 0.5) is 15.9 Å². The Morgan fingerprint density at radius 1 is 1.50 bits per heavy atom. The Morgan fingerprint density at radius 2 is 2.20 bits per heavy atom. The van der Waals surface area contributed by atoms with Crippen molar-refractivity contribution in [1.29, 1.82) is 0 Å². The number of anilines is 2. The smallest absolute Gasteiger partial charge is 0.266 e. The second kappa shape index (κ2) is 3.80. The highest BCUT2D eigenvalue weighted by atomic mass is 19.1. The maximum atomic E-state index is 13.5. The molecule has 1 aliphatic rings. The van der Waals surface area contributed by atoms with Crippen molar-refractivity contribution in [3.05, 3.63) is 40.8 Å². The fourth-order valence-corrected chi connectivity index (χ4v) is 2.63. The lowest BCUT2D eigenvalue weighted by molar-refractivity contribution is -0.129. The second-order valence-corrected chi connectivity index (χ2v) is 4.82. The van der Waals surface area contributed by atoms with Gasteiger partial charge in [-0.05, 0) is 25.1 Å². The van der Waals surface area contributed by atoms with Crippen molar-refractivity contribution in [1.82, 2.24) is 9.78 Å². The Bertz CT molecular complexity index is 740. The number of aromatic nitrogens is 2. The van der Waals surface area contributed by atoms with E-state index in [1.165, 1.54) is 16.8 Å². The molecular formula is C13H13FN4O2. The number of carbonyl (C=O) groups excluding carboxylic acids is 1. The van der Waals surface area contributed by atoms with Crippen molar-refractivity contribution in [3.8, 4) is 0 Å². The normalized spacial score (nSPS) is 20.9. The molecule has 1 aromatic carbocycles. The quantitative estimate of drug-likeness (QED) is 0.712. The molecule has 104 valence electrons. The standard InChI is InChI=1S/C13H13FN4O2/c1-6-10(11(15)18(2)17-6)13(20)8-5-7(14)3-4-9(8)16-12(13)19/h3-5,20H,15H2,1-2H3,(H,16,19). The number of fused-ring (bicyclic) bond motifs is 1. The van der Waals surface area contributed by atoms with Crippen LogP contribution in [0.3, 0.4) is 0 Å². The van der Waals surface area contributed by atoms with Gasteiger partial charge in [0.2, 0.25) is 5.60 Å². The highest BCUT2D eigenvalue weighted by Gasteiger charge is 2.50. The number of benzene rings is 1. The molecule has 20 heavy (non-hydrogen) atoms. The van der Waals surface area contributed by atoms with Crippen LogP contribution < -0.4 is 11.1 Å². The lowest BCUT2D eigenvalue weighted by Gasteiger charge is -2.21. The number of rotatable bonds is 1. The molecule has 1 aromatic heterocycles. The average Bonchev–Trinajstić information content (AvgIpc) is 2.77. The molecule has 0 fully saturated rings. The third-order valence-corrected chi connectivity index (χ3v) is 3.58. The van der Waals surface area contributed by atoms with Crippen molar-refractivity contribution in [3.63, 3.8) is 0 Å². The summed E-state index contributed by atoms with van der Waals surface area (Å²) in [5.41, 5.74) is 4.97. The van der Waals surface area contributed by atoms with Crippen molar-refractivity contribution in [2.75, 3.05) is 11.1 Å². The Hall–Kier alpha value is -2.41. The first kappa shape index (κ1) is 12.6. The van der Waals surface area contributed by atoms with Gasteiger partial charge in [-0.2, -0.15) is 5.10 Å². The number of nitrogens with zero attached hydrogens (tertiary/aromatic N) is 2. The minimum atomic E-state index is -2.03. The van der Waals surface area contributed by atoms with Crippen molar-refractivity contribution in [2.45, 2.75) is 12.5 Å². The summed E-state index contributed by atoms with van der Waals surface area (Å²) >= 11 is 0. The van der Waals surface area contributed by atoms with E-state index in [2.05, 4.69) is 10.4 Å². The molecule has 0 spiro atoms. The molecule has 1 atom stereocenters. The van der Waals surface area contributed by atoms with Crippen LogP contribution >= 0.6 is 0 Å². The summed E-state index contributed by atoms with van der Waals surface area (Å²) in [6.45, 7) is 1.63. The molecule has 0 aliphatic carbocycles. The van der Waals surface area contributed by atoms with Crippen LogP contribution in [-0.2, 0) is 17.4 Å². The number of nitrogen functional groups attached to an aromatic ring is 1. The summed E-state index contributed by atoms with van der Waals surface area (Å²) < 4.78 is 14.8. The summed E-state index contributed by atoms with van der Waals surface area (Å²) in [5, 5.41) is 17.5. The van der Waals surface area contributed by atoms with Crippen LogP contribution in [0.15, 0.2) is 18.2 Å². The minimum Gasteiger partial charge on any atom is -0.384 e. The number of hydrogen-bond donors (Lipinski definition) is 3. The Morgan fingerprint density at radius 3 is 2.80 bits per heavy atom. The van der Waals surface area contributed by atoms with Crippen molar-refractivity contribution >= 4 is 17.4 Å². The molecule has 1 aliphatic heterocycles. The zero-order valence-corrected chi connectivity index (χ0v) is 10.9. The molecule has 3 rings (SSSR count). The van der Waals surface area contributed by atoms with Gasteiger partial charge in [-0.1, -0.05) is 0 Å². The van der Waals surface area contributed by atoms with Gasteiger partial charge in [0.25, 0.3) is 5.91 Å². The zero-order chi connectivity index (χ0) is 14.7. The molecule has 2 aromatic rings. The van der Waals surface area contributed by atoms with E-state index in [1.807, 2.05) is 0 Å². The van der Waals surface area contributed by atoms with Crippen LogP contribution in [-0.4, -0.2) is 20.8 Å². The fourth-order valence-electron chi connectivity index (χ4n) is 2.63. The van der Waals surface area contributed by atoms with Gasteiger partial charge in [-0.25, -0.2) is 4.39 Å². The van der Waals surface area contributed by atoms with Crippen LogP contribution in [0.25, 0.3) is 0 Å². The Kier molecular flexibility index (Phi) is 2.39. The Labute approximate surface area is 114 Å². The van der Waals surface area contributed by atoms with Gasteiger partial charge in [0, 0.05) is 18.3 Å². The predicted molar refractivity (Wildman–Crippen MR) is 70.4 cm³/mol. The highest BCUT2D eigenvalue weighted by molar-refractivity contribution is 6.08. The summed E-state index contributed by atoms with van der Waals surface area (Å²) in [4.78, 5) is 12.2. The third kappa shape index (κ3) is 1.41. The number of carbonyl (C=O) groups is 1. The number of aliphatic hydroxyl groups is 1. The van der Waals surface area contributed by atoms with E-state index in [4.69, 9.17) is 5.73 Å². The van der Waals surface area contributed by atoms with Crippen LogP contribution in [0.2, 0.25) is 0 Å². The predicted octanol–water partition coefficient (Wildman–Crippen LogP) is 0.638. The molecule has 1 amide bonds. The number of halogens is 1. The van der Waals surface area contributed by atoms with E-state index in [-0.39, 0.29) is 16.9 Å². The summed E-state index contributed by atoms with van der Waals surface area (Å²) in [7, 11) is 1.61. The van der Waals surface area contributed by atoms with E-state index in [0.717, 1.165) is 6.07 Å². The van der Waals surface area contributed by atoms with E-state index >= 15 is 0 Å². The van der Waals surface area contributed by atoms with Gasteiger partial charge in [-0.15, -0.1) is 0 Å². The maximum Gasteiger partial charge on any atom is 0.266 e. The molecule has 4 N–H and O–H groups in total. The SMILES string of the molecule is Cc1nn(C)c(N)c1C1(O)C(=O)Nc2ccc(F)cc21. The molecule has 2 heterocycles. The summed E-state index contributed by atoms with van der Waals surface area (Å²) in [5.74, 6) is -1.04. The number of aryl methyl sites for hydroxylation is 2. The molecule has 7 heteroatoms. The number of nitrogens with one attached hydrogen (secondary N) is 1. The molecule has 0 radical (unpaired) electrons. The van der Waals surface area contributed by atoms with E-state index in [1.54, 1.807) is 14.0 Å². The monoisotopic (exact) mass is 276 g/mol. The van der Waals surface area contributed by atoms with Gasteiger partial charge in [0.15, 0.2) is 0 Å². The maximum absolute atomic E-state index is 13.5. The van der Waals surface area contributed by atoms with Gasteiger partial charge in [0.05, 0.1) is 11.3 Å². The first-order chi connectivity index (χ1) is 9.35. The largest absolute Gasteiger partial charge is 0.384 e. The van der Waals surface area contributed by atoms with Gasteiger partial charge >= 0.3 is 0 Å². The summed E-state index contributed by atoms with van der Waals surface area (Å²) in [6.07, 6.45) is 0. The van der Waals surface area contributed by atoms with Crippen LogP contribution in [0.1, 0.15) is 16.8 Å². The topological polar surface area (TPSA) is 93.2 Å². The molecule has 0 bridgehead atoms. The minimum absolute atomic E-state index is 0.144. The molecule has 0 saturated carbocycles. The average molecular weight is 276 g/mol. The van der Waals surface area contributed by atoms with Crippen molar-refractivity contribution < 1.29 is 14.3 Å². The molecule has 1 unspecified atom stereocenters. The molecule has 0 saturated heterocycles. The van der Waals surface area contributed by atoms with Crippen molar-refractivity contribution in [2.24, 2.45) is 7.05 Å². The van der Waals surface area contributed by atoms with Crippen LogP contribution in [0, 0.1) is 12.7 Å². The fraction of sp³-hybridized carbons (Fsp3) is 0.231.